The van der Waals surface area contributed by atoms with Crippen molar-refractivity contribution in [2.75, 3.05) is 32.5 Å². The molecule has 3 rings (SSSR count). The van der Waals surface area contributed by atoms with E-state index in [1.807, 2.05) is 47.0 Å². The van der Waals surface area contributed by atoms with Gasteiger partial charge in [-0.2, -0.15) is 0 Å². The van der Waals surface area contributed by atoms with Gasteiger partial charge in [0.2, 0.25) is 0 Å². The Bertz CT molecular complexity index is 813. The highest BCUT2D eigenvalue weighted by molar-refractivity contribution is 5.91. The van der Waals surface area contributed by atoms with Crippen molar-refractivity contribution in [3.05, 3.63) is 29.3 Å². The van der Waals surface area contributed by atoms with E-state index in [1.54, 1.807) is 0 Å². The summed E-state index contributed by atoms with van der Waals surface area (Å²) in [4.78, 5) is 6.87. The van der Waals surface area contributed by atoms with E-state index in [2.05, 4.69) is 15.4 Å². The number of nitrogens with one attached hydrogen (secondary N) is 1. The summed E-state index contributed by atoms with van der Waals surface area (Å²) in [6.45, 7) is 7.48. The molecule has 3 aromatic rings. The molecular weight excluding hydrogens is 292 g/mol. The summed E-state index contributed by atoms with van der Waals surface area (Å²) in [7, 11) is 4.09. The first-order chi connectivity index (χ1) is 11.0. The molecule has 0 radical (unpaired) electrons. The van der Waals surface area contributed by atoms with Gasteiger partial charge in [-0.25, -0.2) is 4.98 Å². The van der Waals surface area contributed by atoms with Gasteiger partial charge in [-0.15, -0.1) is 0 Å². The summed E-state index contributed by atoms with van der Waals surface area (Å²) in [5.74, 6) is 2.40. The first-order valence-electron chi connectivity index (χ1n) is 7.68. The quantitative estimate of drug-likeness (QED) is 0.778. The second kappa shape index (κ2) is 6.04. The van der Waals surface area contributed by atoms with Crippen LogP contribution in [-0.2, 0) is 0 Å². The third-order valence-corrected chi connectivity index (χ3v) is 3.76. The van der Waals surface area contributed by atoms with E-state index in [-0.39, 0.29) is 0 Å². The molecule has 6 nitrogen and oxygen atoms in total. The molecule has 23 heavy (non-hydrogen) atoms. The number of anilines is 1. The number of rotatable bonds is 5. The van der Waals surface area contributed by atoms with E-state index in [9.17, 15) is 0 Å². The van der Waals surface area contributed by atoms with Gasteiger partial charge in [-0.05, 0) is 47.0 Å². The van der Waals surface area contributed by atoms with Gasteiger partial charge in [0.25, 0.3) is 0 Å². The number of pyridine rings is 1. The number of likely N-dealkylation sites (N-methyl/N-ethyl adjacent to an activating group) is 1. The van der Waals surface area contributed by atoms with E-state index in [4.69, 9.17) is 13.9 Å². The third kappa shape index (κ3) is 3.07. The Morgan fingerprint density at radius 1 is 1.17 bits per heavy atom. The SMILES string of the molecule is Cc1cc2cc(-c3c(C)noc3C)nc(NCCN(C)C)c2o1. The van der Waals surface area contributed by atoms with E-state index in [0.29, 0.717) is 0 Å². The predicted molar refractivity (Wildman–Crippen MR) is 90.8 cm³/mol. The van der Waals surface area contributed by atoms with Crippen molar-refractivity contribution in [1.29, 1.82) is 0 Å². The molecule has 3 heterocycles. The Hall–Kier alpha value is -2.34. The normalized spacial score (nSPS) is 11.6. The maximum absolute atomic E-state index is 5.81. The summed E-state index contributed by atoms with van der Waals surface area (Å²) in [6.07, 6.45) is 0. The average molecular weight is 314 g/mol. The van der Waals surface area contributed by atoms with Gasteiger partial charge >= 0.3 is 0 Å². The fourth-order valence-electron chi connectivity index (χ4n) is 2.67. The molecule has 3 aromatic heterocycles. The van der Waals surface area contributed by atoms with Crippen LogP contribution in [0.4, 0.5) is 5.82 Å². The van der Waals surface area contributed by atoms with Crippen LogP contribution in [0.5, 0.6) is 0 Å². The van der Waals surface area contributed by atoms with Crippen molar-refractivity contribution >= 4 is 16.8 Å². The van der Waals surface area contributed by atoms with Crippen LogP contribution in [0.15, 0.2) is 21.1 Å². The van der Waals surface area contributed by atoms with Gasteiger partial charge in [0.1, 0.15) is 11.5 Å². The molecule has 0 spiro atoms. The molecule has 0 aromatic carbocycles. The Morgan fingerprint density at radius 3 is 2.61 bits per heavy atom. The zero-order valence-corrected chi connectivity index (χ0v) is 14.2. The van der Waals surface area contributed by atoms with Gasteiger partial charge in [0.05, 0.1) is 17.0 Å². The summed E-state index contributed by atoms with van der Waals surface area (Å²) in [5, 5.41) is 8.43. The lowest BCUT2D eigenvalue weighted by Crippen LogP contribution is -2.21. The minimum atomic E-state index is 0.757. The minimum absolute atomic E-state index is 0.757. The Kier molecular flexibility index (Phi) is 4.09. The number of furan rings is 1. The number of hydrogen-bond acceptors (Lipinski definition) is 6. The minimum Gasteiger partial charge on any atom is -0.457 e. The monoisotopic (exact) mass is 314 g/mol. The molecule has 0 saturated carbocycles. The lowest BCUT2D eigenvalue weighted by atomic mass is 10.1. The second-order valence-corrected chi connectivity index (χ2v) is 6.06. The van der Waals surface area contributed by atoms with Crippen LogP contribution in [0, 0.1) is 20.8 Å². The number of nitrogens with zero attached hydrogens (tertiary/aromatic N) is 3. The highest BCUT2D eigenvalue weighted by Crippen LogP contribution is 2.32. The highest BCUT2D eigenvalue weighted by atomic mass is 16.5. The van der Waals surface area contributed by atoms with Gasteiger partial charge in [-0.3, -0.25) is 0 Å². The van der Waals surface area contributed by atoms with Crippen LogP contribution >= 0.6 is 0 Å². The summed E-state index contributed by atoms with van der Waals surface area (Å²) < 4.78 is 11.1. The molecule has 0 atom stereocenters. The molecule has 0 unspecified atom stereocenters. The lowest BCUT2D eigenvalue weighted by Gasteiger charge is -2.12. The van der Waals surface area contributed by atoms with Gasteiger partial charge < -0.3 is 19.2 Å². The summed E-state index contributed by atoms with van der Waals surface area (Å²) in [6, 6.07) is 4.05. The Balaban J connectivity index is 2.06. The Morgan fingerprint density at radius 2 is 1.96 bits per heavy atom. The van der Waals surface area contributed by atoms with Crippen molar-refractivity contribution in [3.8, 4) is 11.3 Å². The smallest absolute Gasteiger partial charge is 0.176 e. The molecule has 0 saturated heterocycles. The van der Waals surface area contributed by atoms with Crippen LogP contribution < -0.4 is 5.32 Å². The number of aromatic nitrogens is 2. The first kappa shape index (κ1) is 15.6. The maximum Gasteiger partial charge on any atom is 0.176 e. The second-order valence-electron chi connectivity index (χ2n) is 6.06. The number of fused-ring (bicyclic) bond motifs is 1. The third-order valence-electron chi connectivity index (χ3n) is 3.76. The molecule has 0 amide bonds. The van der Waals surface area contributed by atoms with Crippen molar-refractivity contribution in [3.63, 3.8) is 0 Å². The zero-order valence-electron chi connectivity index (χ0n) is 14.2. The lowest BCUT2D eigenvalue weighted by molar-refractivity contribution is 0.393. The standard InChI is InChI=1S/C17H22N4O2/c1-10-8-13-9-14(15-11(2)20-23-12(15)3)19-17(16(13)22-10)18-6-7-21(4)5/h8-9H,6-7H2,1-5H3,(H,18,19). The highest BCUT2D eigenvalue weighted by Gasteiger charge is 2.17. The molecular formula is C17H22N4O2. The molecule has 122 valence electrons. The molecule has 0 fully saturated rings. The van der Waals surface area contributed by atoms with Gasteiger partial charge in [0, 0.05) is 18.5 Å². The molecule has 0 aliphatic rings. The topological polar surface area (TPSA) is 67.3 Å². The van der Waals surface area contributed by atoms with Crippen molar-refractivity contribution in [2.24, 2.45) is 0 Å². The van der Waals surface area contributed by atoms with Crippen LogP contribution in [0.25, 0.3) is 22.2 Å². The molecule has 6 heteroatoms. The number of hydrogen-bond donors (Lipinski definition) is 1. The van der Waals surface area contributed by atoms with Crippen molar-refractivity contribution in [2.45, 2.75) is 20.8 Å². The van der Waals surface area contributed by atoms with Crippen LogP contribution in [-0.4, -0.2) is 42.2 Å². The zero-order chi connectivity index (χ0) is 16.6. The summed E-state index contributed by atoms with van der Waals surface area (Å²) in [5.41, 5.74) is 3.42. The molecule has 0 aliphatic carbocycles. The molecule has 1 N–H and O–H groups in total. The van der Waals surface area contributed by atoms with Gasteiger partial charge in [-0.1, -0.05) is 5.16 Å². The fourth-order valence-corrected chi connectivity index (χ4v) is 2.67. The molecule has 0 bridgehead atoms. The van der Waals surface area contributed by atoms with Gasteiger partial charge in [0.15, 0.2) is 11.4 Å². The van der Waals surface area contributed by atoms with E-state index in [0.717, 1.165) is 58.3 Å². The van der Waals surface area contributed by atoms with E-state index >= 15 is 0 Å². The summed E-state index contributed by atoms with van der Waals surface area (Å²) >= 11 is 0. The van der Waals surface area contributed by atoms with E-state index < -0.39 is 0 Å². The largest absolute Gasteiger partial charge is 0.457 e. The van der Waals surface area contributed by atoms with Crippen LogP contribution in [0.3, 0.4) is 0 Å². The molecule has 0 aliphatic heterocycles. The van der Waals surface area contributed by atoms with Crippen LogP contribution in [0.1, 0.15) is 17.2 Å². The predicted octanol–water partition coefficient (Wildman–Crippen LogP) is 3.38. The van der Waals surface area contributed by atoms with E-state index in [1.165, 1.54) is 0 Å². The maximum atomic E-state index is 5.81. The fraction of sp³-hybridized carbons (Fsp3) is 0.412. The Labute approximate surface area is 135 Å². The van der Waals surface area contributed by atoms with Crippen LogP contribution in [0.2, 0.25) is 0 Å². The average Bonchev–Trinajstić information content (AvgIpc) is 3.00. The van der Waals surface area contributed by atoms with Crippen molar-refractivity contribution < 1.29 is 8.94 Å². The number of aryl methyl sites for hydroxylation is 3. The first-order valence-corrected chi connectivity index (χ1v) is 7.68. The van der Waals surface area contributed by atoms with Crippen molar-refractivity contribution in [1.82, 2.24) is 15.0 Å².